The van der Waals surface area contributed by atoms with Crippen LogP contribution in [0.3, 0.4) is 0 Å². The lowest BCUT2D eigenvalue weighted by molar-refractivity contribution is 0.477. The minimum atomic E-state index is 0.780. The van der Waals surface area contributed by atoms with Crippen molar-refractivity contribution in [3.8, 4) is 0 Å². The lowest BCUT2D eigenvalue weighted by Crippen LogP contribution is -2.12. The van der Waals surface area contributed by atoms with Crippen molar-refractivity contribution < 1.29 is 0 Å². The molecule has 1 aliphatic rings. The topological polar surface area (TPSA) is 0 Å². The second-order valence-corrected chi connectivity index (χ2v) is 5.16. The monoisotopic (exact) mass is 192 g/mol. The first kappa shape index (κ1) is 9.14. The molecule has 0 N–H and O–H groups in total. The molecular formula is C12H16S. The molecule has 1 aromatic carbocycles. The minimum absolute atomic E-state index is 0.780. The molecule has 0 saturated heterocycles. The Bertz CT molecular complexity index is 291. The molecule has 1 atom stereocenters. The zero-order valence-electron chi connectivity index (χ0n) is 8.29. The third-order valence-electron chi connectivity index (χ3n) is 2.81. The Morgan fingerprint density at radius 3 is 2.85 bits per heavy atom. The third-order valence-corrected chi connectivity index (χ3v) is 3.93. The fourth-order valence-corrected chi connectivity index (χ4v) is 3.21. The van der Waals surface area contributed by atoms with Gasteiger partial charge in [-0.05, 0) is 35.6 Å². The maximum atomic E-state index is 2.33. The molecule has 1 heterocycles. The molecule has 0 nitrogen and oxygen atoms in total. The summed E-state index contributed by atoms with van der Waals surface area (Å²) in [5, 5.41) is 0. The molecule has 0 radical (unpaired) electrons. The van der Waals surface area contributed by atoms with E-state index in [0.29, 0.717) is 0 Å². The van der Waals surface area contributed by atoms with Crippen molar-refractivity contribution in [3.05, 3.63) is 29.8 Å². The van der Waals surface area contributed by atoms with Gasteiger partial charge in [-0.15, -0.1) is 11.8 Å². The zero-order valence-corrected chi connectivity index (χ0v) is 9.10. The molecule has 0 aromatic heterocycles. The van der Waals surface area contributed by atoms with E-state index in [9.17, 15) is 0 Å². The molecule has 0 aliphatic carbocycles. The van der Waals surface area contributed by atoms with Gasteiger partial charge in [0.25, 0.3) is 0 Å². The maximum absolute atomic E-state index is 2.33. The third kappa shape index (κ3) is 1.76. The van der Waals surface area contributed by atoms with Gasteiger partial charge >= 0.3 is 0 Å². The lowest BCUT2D eigenvalue weighted by Gasteiger charge is -2.27. The minimum Gasteiger partial charge on any atom is -0.126 e. The average Bonchev–Trinajstić information content (AvgIpc) is 2.17. The Morgan fingerprint density at radius 1 is 1.31 bits per heavy atom. The SMILES string of the molecule is CC(C)[C@@H]1CCSc2ccccc21. The van der Waals surface area contributed by atoms with Gasteiger partial charge in [0.2, 0.25) is 0 Å². The molecule has 1 heteroatoms. The van der Waals surface area contributed by atoms with Gasteiger partial charge in [-0.25, -0.2) is 0 Å². The molecule has 0 bridgehead atoms. The van der Waals surface area contributed by atoms with Gasteiger partial charge in [-0.3, -0.25) is 0 Å². The summed E-state index contributed by atoms with van der Waals surface area (Å²) in [6.45, 7) is 4.66. The molecule has 0 unspecified atom stereocenters. The summed E-state index contributed by atoms with van der Waals surface area (Å²) < 4.78 is 0. The summed E-state index contributed by atoms with van der Waals surface area (Å²) in [4.78, 5) is 1.51. The lowest BCUT2D eigenvalue weighted by atomic mass is 9.86. The molecule has 70 valence electrons. The Kier molecular flexibility index (Phi) is 2.63. The highest BCUT2D eigenvalue weighted by molar-refractivity contribution is 7.99. The van der Waals surface area contributed by atoms with Crippen molar-refractivity contribution >= 4 is 11.8 Å². The predicted octanol–water partition coefficient (Wildman–Crippen LogP) is 3.92. The normalized spacial score (nSPS) is 21.6. The van der Waals surface area contributed by atoms with E-state index < -0.39 is 0 Å². The van der Waals surface area contributed by atoms with E-state index in [4.69, 9.17) is 0 Å². The predicted molar refractivity (Wildman–Crippen MR) is 59.4 cm³/mol. The zero-order chi connectivity index (χ0) is 9.26. The fourth-order valence-electron chi connectivity index (χ4n) is 2.06. The number of benzene rings is 1. The van der Waals surface area contributed by atoms with Gasteiger partial charge in [-0.1, -0.05) is 32.0 Å². The van der Waals surface area contributed by atoms with Crippen LogP contribution in [0, 0.1) is 5.92 Å². The van der Waals surface area contributed by atoms with Crippen molar-refractivity contribution in [3.63, 3.8) is 0 Å². The van der Waals surface area contributed by atoms with Crippen LogP contribution in [0.4, 0.5) is 0 Å². The first-order valence-corrected chi connectivity index (χ1v) is 5.99. The highest BCUT2D eigenvalue weighted by atomic mass is 32.2. The standard InChI is InChI=1S/C12H16S/c1-9(2)10-7-8-13-12-6-4-3-5-11(10)12/h3-6,9-10H,7-8H2,1-2H3/t10-/m0/s1. The van der Waals surface area contributed by atoms with Crippen LogP contribution < -0.4 is 0 Å². The molecule has 2 rings (SSSR count). The van der Waals surface area contributed by atoms with Gasteiger partial charge in [0, 0.05) is 4.90 Å². The van der Waals surface area contributed by atoms with Gasteiger partial charge in [-0.2, -0.15) is 0 Å². The van der Waals surface area contributed by atoms with Crippen LogP contribution in [0.25, 0.3) is 0 Å². The van der Waals surface area contributed by atoms with Crippen LogP contribution in [-0.2, 0) is 0 Å². The molecule has 0 saturated carbocycles. The summed E-state index contributed by atoms with van der Waals surface area (Å²) in [6, 6.07) is 8.87. The van der Waals surface area contributed by atoms with E-state index in [1.54, 1.807) is 5.56 Å². The summed E-state index contributed by atoms with van der Waals surface area (Å²) in [5.74, 6) is 2.86. The fraction of sp³-hybridized carbons (Fsp3) is 0.500. The Balaban J connectivity index is 2.37. The van der Waals surface area contributed by atoms with Gasteiger partial charge in [0.05, 0.1) is 0 Å². The van der Waals surface area contributed by atoms with Gasteiger partial charge in [0.15, 0.2) is 0 Å². The number of rotatable bonds is 1. The number of hydrogen-bond acceptors (Lipinski definition) is 1. The van der Waals surface area contributed by atoms with Crippen LogP contribution in [0.1, 0.15) is 31.7 Å². The maximum Gasteiger partial charge on any atom is 0.0107 e. The van der Waals surface area contributed by atoms with E-state index in [1.807, 2.05) is 11.8 Å². The van der Waals surface area contributed by atoms with E-state index in [0.717, 1.165) is 11.8 Å². The van der Waals surface area contributed by atoms with Crippen LogP contribution >= 0.6 is 11.8 Å². The largest absolute Gasteiger partial charge is 0.126 e. The Morgan fingerprint density at radius 2 is 2.08 bits per heavy atom. The Hall–Kier alpha value is -0.430. The van der Waals surface area contributed by atoms with Crippen molar-refractivity contribution in [2.75, 3.05) is 5.75 Å². The van der Waals surface area contributed by atoms with Crippen LogP contribution in [0.5, 0.6) is 0 Å². The molecule has 13 heavy (non-hydrogen) atoms. The van der Waals surface area contributed by atoms with E-state index >= 15 is 0 Å². The molecular weight excluding hydrogens is 176 g/mol. The number of hydrogen-bond donors (Lipinski definition) is 0. The first-order chi connectivity index (χ1) is 6.29. The quantitative estimate of drug-likeness (QED) is 0.650. The van der Waals surface area contributed by atoms with Crippen LogP contribution in [-0.4, -0.2) is 5.75 Å². The van der Waals surface area contributed by atoms with E-state index in [2.05, 4.69) is 38.1 Å². The second-order valence-electron chi connectivity index (χ2n) is 4.03. The Labute approximate surface area is 84.7 Å². The van der Waals surface area contributed by atoms with Crippen molar-refractivity contribution in [1.82, 2.24) is 0 Å². The van der Waals surface area contributed by atoms with E-state index in [1.165, 1.54) is 17.1 Å². The molecule has 0 amide bonds. The van der Waals surface area contributed by atoms with Gasteiger partial charge < -0.3 is 0 Å². The highest BCUT2D eigenvalue weighted by Crippen LogP contribution is 2.40. The molecule has 0 spiro atoms. The number of thioether (sulfide) groups is 1. The molecule has 1 aliphatic heterocycles. The summed E-state index contributed by atoms with van der Waals surface area (Å²) in [6.07, 6.45) is 1.35. The van der Waals surface area contributed by atoms with Crippen molar-refractivity contribution in [2.45, 2.75) is 31.1 Å². The first-order valence-electron chi connectivity index (χ1n) is 5.01. The summed E-state index contributed by atoms with van der Waals surface area (Å²) in [7, 11) is 0. The number of fused-ring (bicyclic) bond motifs is 1. The smallest absolute Gasteiger partial charge is 0.0107 e. The molecule has 1 aromatic rings. The average molecular weight is 192 g/mol. The van der Waals surface area contributed by atoms with E-state index in [-0.39, 0.29) is 0 Å². The highest BCUT2D eigenvalue weighted by Gasteiger charge is 2.22. The summed E-state index contributed by atoms with van der Waals surface area (Å²) >= 11 is 2.01. The van der Waals surface area contributed by atoms with Gasteiger partial charge in [0.1, 0.15) is 0 Å². The molecule has 0 fully saturated rings. The van der Waals surface area contributed by atoms with Crippen LogP contribution in [0.15, 0.2) is 29.2 Å². The van der Waals surface area contributed by atoms with Crippen molar-refractivity contribution in [2.24, 2.45) is 5.92 Å². The second kappa shape index (κ2) is 3.75. The van der Waals surface area contributed by atoms with Crippen molar-refractivity contribution in [1.29, 1.82) is 0 Å². The van der Waals surface area contributed by atoms with Crippen LogP contribution in [0.2, 0.25) is 0 Å². The summed E-state index contributed by atoms with van der Waals surface area (Å²) in [5.41, 5.74) is 1.58.